The lowest BCUT2D eigenvalue weighted by Gasteiger charge is -2.35. The Labute approximate surface area is 102 Å². The molecular formula is C13H22N2S. The molecule has 1 saturated carbocycles. The molecule has 0 amide bonds. The molecule has 2 nitrogen and oxygen atoms in total. The van der Waals surface area contributed by atoms with Crippen LogP contribution in [0.3, 0.4) is 0 Å². The van der Waals surface area contributed by atoms with Gasteiger partial charge in [-0.2, -0.15) is 0 Å². The smallest absolute Gasteiger partial charge is 0.0590 e. The number of rotatable bonds is 5. The van der Waals surface area contributed by atoms with Gasteiger partial charge in [0.15, 0.2) is 0 Å². The maximum Gasteiger partial charge on any atom is 0.0590 e. The molecule has 3 heteroatoms. The molecule has 1 aliphatic rings. The van der Waals surface area contributed by atoms with Crippen LogP contribution in [0, 0.1) is 5.92 Å². The fourth-order valence-electron chi connectivity index (χ4n) is 2.45. The number of thiophene rings is 1. The highest BCUT2D eigenvalue weighted by Crippen LogP contribution is 2.38. The quantitative estimate of drug-likeness (QED) is 0.854. The number of likely N-dealkylation sites (N-methyl/N-ethyl adjacent to an activating group) is 1. The van der Waals surface area contributed by atoms with Crippen molar-refractivity contribution in [1.82, 2.24) is 4.90 Å². The van der Waals surface area contributed by atoms with Gasteiger partial charge < -0.3 is 5.73 Å². The number of nitrogens with two attached hydrogens (primary N) is 1. The second-order valence-corrected chi connectivity index (χ2v) is 6.04. The summed E-state index contributed by atoms with van der Waals surface area (Å²) in [7, 11) is 2.22. The summed E-state index contributed by atoms with van der Waals surface area (Å²) in [5, 5.41) is 2.14. The van der Waals surface area contributed by atoms with Crippen molar-refractivity contribution in [2.24, 2.45) is 11.7 Å². The van der Waals surface area contributed by atoms with Gasteiger partial charge in [0.1, 0.15) is 0 Å². The fraction of sp³-hybridized carbons (Fsp3) is 0.692. The van der Waals surface area contributed by atoms with Crippen LogP contribution < -0.4 is 5.73 Å². The SMILES string of the molecule is CC(N)C(c1cccs1)N(C)C(C)C1CC1. The minimum Gasteiger partial charge on any atom is -0.326 e. The molecule has 90 valence electrons. The predicted octanol–water partition coefficient (Wildman–Crippen LogP) is 2.87. The maximum absolute atomic E-state index is 6.15. The van der Waals surface area contributed by atoms with E-state index >= 15 is 0 Å². The lowest BCUT2D eigenvalue weighted by Crippen LogP contribution is -2.42. The Hall–Kier alpha value is -0.380. The van der Waals surface area contributed by atoms with Gasteiger partial charge >= 0.3 is 0 Å². The van der Waals surface area contributed by atoms with Crippen LogP contribution in [0.1, 0.15) is 37.6 Å². The van der Waals surface area contributed by atoms with Gasteiger partial charge in [-0.1, -0.05) is 6.07 Å². The molecule has 1 heterocycles. The minimum atomic E-state index is 0.185. The lowest BCUT2D eigenvalue weighted by atomic mass is 10.0. The van der Waals surface area contributed by atoms with Crippen LogP contribution in [0.25, 0.3) is 0 Å². The molecule has 0 aromatic carbocycles. The number of hydrogen-bond donors (Lipinski definition) is 1. The van der Waals surface area contributed by atoms with Gasteiger partial charge in [0.25, 0.3) is 0 Å². The first kappa shape index (κ1) is 12.1. The van der Waals surface area contributed by atoms with E-state index in [0.717, 1.165) is 5.92 Å². The summed E-state index contributed by atoms with van der Waals surface area (Å²) in [6.07, 6.45) is 2.78. The normalized spacial score (nSPS) is 22.1. The highest BCUT2D eigenvalue weighted by atomic mass is 32.1. The van der Waals surface area contributed by atoms with E-state index in [2.05, 4.69) is 43.3 Å². The van der Waals surface area contributed by atoms with Gasteiger partial charge in [-0.3, -0.25) is 4.90 Å². The second-order valence-electron chi connectivity index (χ2n) is 5.06. The van der Waals surface area contributed by atoms with Gasteiger partial charge in [-0.25, -0.2) is 0 Å². The van der Waals surface area contributed by atoms with Crippen LogP contribution in [0.15, 0.2) is 17.5 Å². The van der Waals surface area contributed by atoms with Crippen LogP contribution in [-0.2, 0) is 0 Å². The molecule has 0 bridgehead atoms. The topological polar surface area (TPSA) is 29.3 Å². The molecule has 1 aromatic heterocycles. The van der Waals surface area contributed by atoms with Crippen molar-refractivity contribution in [3.05, 3.63) is 22.4 Å². The number of hydrogen-bond acceptors (Lipinski definition) is 3. The molecule has 3 unspecified atom stereocenters. The van der Waals surface area contributed by atoms with E-state index in [4.69, 9.17) is 5.73 Å². The van der Waals surface area contributed by atoms with E-state index in [1.807, 2.05) is 11.3 Å². The molecular weight excluding hydrogens is 216 g/mol. The Kier molecular flexibility index (Phi) is 3.67. The van der Waals surface area contributed by atoms with Crippen molar-refractivity contribution in [3.8, 4) is 0 Å². The molecule has 1 aliphatic carbocycles. The first-order valence-corrected chi connectivity index (χ1v) is 7.00. The maximum atomic E-state index is 6.15. The Bertz CT molecular complexity index is 317. The van der Waals surface area contributed by atoms with E-state index in [0.29, 0.717) is 12.1 Å². The summed E-state index contributed by atoms with van der Waals surface area (Å²) in [6, 6.07) is 5.53. The molecule has 0 aliphatic heterocycles. The monoisotopic (exact) mass is 238 g/mol. The van der Waals surface area contributed by atoms with Crippen molar-refractivity contribution in [3.63, 3.8) is 0 Å². The zero-order valence-electron chi connectivity index (χ0n) is 10.4. The highest BCUT2D eigenvalue weighted by Gasteiger charge is 2.35. The Balaban J connectivity index is 2.12. The molecule has 1 aromatic rings. The minimum absolute atomic E-state index is 0.185. The van der Waals surface area contributed by atoms with E-state index < -0.39 is 0 Å². The summed E-state index contributed by atoms with van der Waals surface area (Å²) in [4.78, 5) is 3.86. The summed E-state index contributed by atoms with van der Waals surface area (Å²) in [5.41, 5.74) is 6.15. The van der Waals surface area contributed by atoms with E-state index in [1.165, 1.54) is 17.7 Å². The van der Waals surface area contributed by atoms with Crippen LogP contribution in [-0.4, -0.2) is 24.0 Å². The average molecular weight is 238 g/mol. The van der Waals surface area contributed by atoms with Crippen molar-refractivity contribution in [1.29, 1.82) is 0 Å². The van der Waals surface area contributed by atoms with Crippen LogP contribution >= 0.6 is 11.3 Å². The third kappa shape index (κ3) is 2.47. The van der Waals surface area contributed by atoms with E-state index in [1.54, 1.807) is 0 Å². The first-order chi connectivity index (χ1) is 7.61. The summed E-state index contributed by atoms with van der Waals surface area (Å²) >= 11 is 1.82. The molecule has 16 heavy (non-hydrogen) atoms. The van der Waals surface area contributed by atoms with E-state index in [-0.39, 0.29) is 6.04 Å². The third-order valence-electron chi connectivity index (χ3n) is 3.72. The zero-order chi connectivity index (χ0) is 11.7. The number of nitrogens with zero attached hydrogens (tertiary/aromatic N) is 1. The van der Waals surface area contributed by atoms with Crippen molar-refractivity contribution < 1.29 is 0 Å². The van der Waals surface area contributed by atoms with Gasteiger partial charge in [0.2, 0.25) is 0 Å². The Morgan fingerprint density at radius 3 is 2.56 bits per heavy atom. The molecule has 3 atom stereocenters. The molecule has 1 fully saturated rings. The van der Waals surface area contributed by atoms with Crippen molar-refractivity contribution in [2.75, 3.05) is 7.05 Å². The van der Waals surface area contributed by atoms with Gasteiger partial charge in [-0.05, 0) is 51.1 Å². The molecule has 2 N–H and O–H groups in total. The first-order valence-electron chi connectivity index (χ1n) is 6.12. The van der Waals surface area contributed by atoms with Gasteiger partial charge in [0.05, 0.1) is 6.04 Å². The van der Waals surface area contributed by atoms with Gasteiger partial charge in [0, 0.05) is 17.0 Å². The molecule has 0 radical (unpaired) electrons. The summed E-state index contributed by atoms with van der Waals surface area (Å²) in [6.45, 7) is 4.45. The van der Waals surface area contributed by atoms with Crippen molar-refractivity contribution in [2.45, 2.75) is 44.8 Å². The van der Waals surface area contributed by atoms with Gasteiger partial charge in [-0.15, -0.1) is 11.3 Å². The van der Waals surface area contributed by atoms with Crippen molar-refractivity contribution >= 4 is 11.3 Å². The standard InChI is InChI=1S/C13H22N2S/c1-9(14)13(12-5-4-8-16-12)15(3)10(2)11-6-7-11/h4-5,8-11,13H,6-7,14H2,1-3H3. The van der Waals surface area contributed by atoms with Crippen LogP contribution in [0.2, 0.25) is 0 Å². The fourth-order valence-corrected chi connectivity index (χ4v) is 3.45. The second kappa shape index (κ2) is 4.86. The van der Waals surface area contributed by atoms with Crippen LogP contribution in [0.4, 0.5) is 0 Å². The lowest BCUT2D eigenvalue weighted by molar-refractivity contribution is 0.152. The third-order valence-corrected chi connectivity index (χ3v) is 4.66. The Morgan fingerprint density at radius 1 is 1.44 bits per heavy atom. The predicted molar refractivity (Wildman–Crippen MR) is 70.7 cm³/mol. The Morgan fingerprint density at radius 2 is 2.12 bits per heavy atom. The highest BCUT2D eigenvalue weighted by molar-refractivity contribution is 7.10. The summed E-state index contributed by atoms with van der Waals surface area (Å²) in [5.74, 6) is 0.895. The molecule has 0 saturated heterocycles. The average Bonchev–Trinajstić information content (AvgIpc) is 2.96. The molecule has 2 rings (SSSR count). The molecule has 0 spiro atoms. The van der Waals surface area contributed by atoms with E-state index in [9.17, 15) is 0 Å². The summed E-state index contributed by atoms with van der Waals surface area (Å²) < 4.78 is 0. The zero-order valence-corrected chi connectivity index (χ0v) is 11.2. The largest absolute Gasteiger partial charge is 0.326 e. The van der Waals surface area contributed by atoms with Crippen LogP contribution in [0.5, 0.6) is 0 Å².